The van der Waals surface area contributed by atoms with E-state index in [-0.39, 0.29) is 61.6 Å². The first kappa shape index (κ1) is 27.6. The highest BCUT2D eigenvalue weighted by molar-refractivity contribution is 7.10. The summed E-state index contributed by atoms with van der Waals surface area (Å²) >= 11 is 1.29. The summed E-state index contributed by atoms with van der Waals surface area (Å²) < 4.78 is 11.2. The number of nitrogens with two attached hydrogens (primary N) is 2. The average Bonchev–Trinajstić information content (AvgIpc) is 3.77. The number of benzene rings is 1. The van der Waals surface area contributed by atoms with Crippen LogP contribution in [0.5, 0.6) is 0 Å². The van der Waals surface area contributed by atoms with E-state index in [0.717, 1.165) is 5.56 Å². The molecule has 0 spiro atoms. The van der Waals surface area contributed by atoms with Crippen LogP contribution in [0.4, 0.5) is 5.69 Å². The van der Waals surface area contributed by atoms with Crippen molar-refractivity contribution in [1.82, 2.24) is 9.80 Å². The number of anilines is 1. The summed E-state index contributed by atoms with van der Waals surface area (Å²) in [4.78, 5) is 70.3. The lowest BCUT2D eigenvalue weighted by Crippen LogP contribution is -2.52. The molecule has 4 fully saturated rings. The second-order valence-corrected chi connectivity index (χ2v) is 12.1. The molecule has 0 aliphatic carbocycles. The minimum atomic E-state index is -0.930. The van der Waals surface area contributed by atoms with Crippen molar-refractivity contribution in [1.29, 1.82) is 0 Å². The fourth-order valence-electron chi connectivity index (χ4n) is 6.74. The third kappa shape index (κ3) is 5.04. The van der Waals surface area contributed by atoms with E-state index in [2.05, 4.69) is 0 Å². The lowest BCUT2D eigenvalue weighted by molar-refractivity contribution is -0.149. The number of primary amides is 1. The van der Waals surface area contributed by atoms with Crippen LogP contribution in [0.3, 0.4) is 0 Å². The number of carbonyl (C=O) groups excluding carboxylic acids is 5. The van der Waals surface area contributed by atoms with Crippen LogP contribution in [0.2, 0.25) is 0 Å². The number of hydrogen-bond acceptors (Lipinski definition) is 9. The van der Waals surface area contributed by atoms with Gasteiger partial charge in [0.05, 0.1) is 29.6 Å². The largest absolute Gasteiger partial charge is 0.399 e. The molecule has 1 aromatic heterocycles. The molecule has 4 saturated heterocycles. The topological polar surface area (TPSA) is 162 Å². The Hall–Kier alpha value is -3.61. The molecule has 12 heteroatoms. The summed E-state index contributed by atoms with van der Waals surface area (Å²) in [6.07, 6.45) is 0.613. The molecule has 2 aromatic rings. The van der Waals surface area contributed by atoms with Crippen molar-refractivity contribution in [2.45, 2.75) is 50.0 Å². The summed E-state index contributed by atoms with van der Waals surface area (Å²) in [7, 11) is 0. The molecule has 41 heavy (non-hydrogen) atoms. The standard InChI is InChI=1S/C29H32N4O7S/c30-16-3-1-15(2-4-16)11-18(28(37)32-8-5-22-25(32)20(34)13-39-22)19(12-24-17(27(31)36)7-10-41-24)29(38)33-9-6-23-26(33)21(35)14-40-23/h1-4,7,10,18-19,22-23,25-26H,5-6,8-9,11-14,30H2,(H2,31,36). The van der Waals surface area contributed by atoms with E-state index < -0.39 is 29.8 Å². The highest BCUT2D eigenvalue weighted by Gasteiger charge is 2.52. The zero-order valence-electron chi connectivity index (χ0n) is 22.4. The van der Waals surface area contributed by atoms with Crippen LogP contribution in [0, 0.1) is 11.8 Å². The predicted octanol–water partition coefficient (Wildman–Crippen LogP) is 0.584. The summed E-state index contributed by atoms with van der Waals surface area (Å²) in [5.41, 5.74) is 13.2. The van der Waals surface area contributed by atoms with Gasteiger partial charge in [-0.05, 0) is 54.8 Å². The zero-order chi connectivity index (χ0) is 28.8. The number of nitrogens with zero attached hydrogens (tertiary/aromatic N) is 2. The van der Waals surface area contributed by atoms with Crippen molar-refractivity contribution >= 4 is 46.3 Å². The van der Waals surface area contributed by atoms with Gasteiger partial charge in [0, 0.05) is 23.7 Å². The molecule has 4 N–H and O–H groups in total. The van der Waals surface area contributed by atoms with Crippen LogP contribution < -0.4 is 11.5 Å². The second-order valence-electron chi connectivity index (χ2n) is 11.1. The Labute approximate surface area is 240 Å². The number of Topliss-reactive ketones (excluding diaryl/α,β-unsaturated/α-hetero) is 2. The maximum absolute atomic E-state index is 14.5. The van der Waals surface area contributed by atoms with Gasteiger partial charge in [-0.25, -0.2) is 0 Å². The Morgan fingerprint density at radius 3 is 1.93 bits per heavy atom. The van der Waals surface area contributed by atoms with Gasteiger partial charge < -0.3 is 30.7 Å². The van der Waals surface area contributed by atoms with Gasteiger partial charge in [0.1, 0.15) is 25.3 Å². The first-order chi connectivity index (χ1) is 19.7. The first-order valence-corrected chi connectivity index (χ1v) is 14.7. The van der Waals surface area contributed by atoms with Crippen molar-refractivity contribution in [3.63, 3.8) is 0 Å². The zero-order valence-corrected chi connectivity index (χ0v) is 23.2. The van der Waals surface area contributed by atoms with E-state index in [9.17, 15) is 24.0 Å². The Kier molecular flexibility index (Phi) is 7.39. The number of likely N-dealkylation sites (tertiary alicyclic amines) is 2. The first-order valence-electron chi connectivity index (χ1n) is 13.8. The molecule has 5 heterocycles. The van der Waals surface area contributed by atoms with E-state index in [1.807, 2.05) is 12.1 Å². The number of nitrogen functional groups attached to an aromatic ring is 1. The van der Waals surface area contributed by atoms with Crippen LogP contribution >= 0.6 is 11.3 Å². The number of ketones is 2. The Balaban J connectivity index is 1.40. The molecule has 3 amide bonds. The lowest BCUT2D eigenvalue weighted by atomic mass is 9.81. The van der Waals surface area contributed by atoms with Crippen molar-refractivity contribution < 1.29 is 33.4 Å². The number of fused-ring (bicyclic) bond motifs is 2. The van der Waals surface area contributed by atoms with Crippen molar-refractivity contribution in [2.75, 3.05) is 32.0 Å². The van der Waals surface area contributed by atoms with Gasteiger partial charge in [0.25, 0.3) is 0 Å². The van der Waals surface area contributed by atoms with Crippen LogP contribution in [-0.4, -0.2) is 89.7 Å². The third-order valence-corrected chi connectivity index (χ3v) is 9.71. The third-order valence-electron chi connectivity index (χ3n) is 8.76. The van der Waals surface area contributed by atoms with Gasteiger partial charge >= 0.3 is 0 Å². The van der Waals surface area contributed by atoms with Crippen molar-refractivity contribution in [3.8, 4) is 0 Å². The van der Waals surface area contributed by atoms with Crippen LogP contribution in [-0.2, 0) is 41.5 Å². The molecule has 0 radical (unpaired) electrons. The minimum absolute atomic E-state index is 0.0414. The molecule has 4 aliphatic heterocycles. The molecular formula is C29H32N4O7S. The van der Waals surface area contributed by atoms with Gasteiger partial charge in [0.2, 0.25) is 17.7 Å². The van der Waals surface area contributed by atoms with E-state index in [4.69, 9.17) is 20.9 Å². The highest BCUT2D eigenvalue weighted by atomic mass is 32.1. The molecular weight excluding hydrogens is 548 g/mol. The molecule has 216 valence electrons. The van der Waals surface area contributed by atoms with Crippen molar-refractivity contribution in [2.24, 2.45) is 17.6 Å². The maximum atomic E-state index is 14.5. The van der Waals surface area contributed by atoms with Gasteiger partial charge in [-0.3, -0.25) is 24.0 Å². The van der Waals surface area contributed by atoms with Gasteiger partial charge in [-0.1, -0.05) is 12.1 Å². The summed E-state index contributed by atoms with van der Waals surface area (Å²) in [6.45, 7) is 0.575. The monoisotopic (exact) mass is 580 g/mol. The molecule has 0 bridgehead atoms. The van der Waals surface area contributed by atoms with Gasteiger partial charge in [-0.15, -0.1) is 11.3 Å². The fourth-order valence-corrected chi connectivity index (χ4v) is 7.68. The molecule has 11 nitrogen and oxygen atoms in total. The Morgan fingerprint density at radius 2 is 1.39 bits per heavy atom. The number of ether oxygens (including phenoxy) is 2. The van der Waals surface area contributed by atoms with E-state index >= 15 is 0 Å². The SMILES string of the molecule is NC(=O)c1ccsc1CC(C(=O)N1CCC2OCC(=O)C21)C(Cc1ccc(N)cc1)C(=O)N1CCC2OCC(=O)C21. The van der Waals surface area contributed by atoms with Crippen LogP contribution in [0.25, 0.3) is 0 Å². The molecule has 6 atom stereocenters. The molecule has 6 unspecified atom stereocenters. The molecule has 4 aliphatic rings. The van der Waals surface area contributed by atoms with E-state index in [1.54, 1.807) is 33.4 Å². The van der Waals surface area contributed by atoms with Gasteiger partial charge in [0.15, 0.2) is 11.6 Å². The second kappa shape index (κ2) is 11.0. The quantitative estimate of drug-likeness (QED) is 0.429. The normalized spacial score (nSPS) is 26.7. The number of rotatable bonds is 8. The summed E-state index contributed by atoms with van der Waals surface area (Å²) in [6, 6.07) is 7.33. The van der Waals surface area contributed by atoms with E-state index in [1.165, 1.54) is 11.3 Å². The predicted molar refractivity (Wildman–Crippen MR) is 148 cm³/mol. The van der Waals surface area contributed by atoms with Crippen LogP contribution in [0.15, 0.2) is 35.7 Å². The lowest BCUT2D eigenvalue weighted by Gasteiger charge is -2.34. The minimum Gasteiger partial charge on any atom is -0.399 e. The number of hydrogen-bond donors (Lipinski definition) is 2. The van der Waals surface area contributed by atoms with E-state index in [0.29, 0.717) is 42.1 Å². The van der Waals surface area contributed by atoms with Crippen molar-refractivity contribution in [3.05, 3.63) is 51.7 Å². The number of amides is 3. The Morgan fingerprint density at radius 1 is 0.854 bits per heavy atom. The molecule has 6 rings (SSSR count). The molecule has 1 aromatic carbocycles. The summed E-state index contributed by atoms with van der Waals surface area (Å²) in [5, 5.41) is 1.73. The summed E-state index contributed by atoms with van der Waals surface area (Å²) in [5.74, 6) is -3.43. The Bertz CT molecular complexity index is 1390. The molecule has 0 saturated carbocycles. The average molecular weight is 581 g/mol. The maximum Gasteiger partial charge on any atom is 0.249 e. The van der Waals surface area contributed by atoms with Gasteiger partial charge in [-0.2, -0.15) is 0 Å². The van der Waals surface area contributed by atoms with Crippen LogP contribution in [0.1, 0.15) is 33.6 Å². The fraction of sp³-hybridized carbons (Fsp3) is 0.483. The smallest absolute Gasteiger partial charge is 0.249 e. The number of carbonyl (C=O) groups is 5. The highest BCUT2D eigenvalue weighted by Crippen LogP contribution is 2.36. The number of thiophene rings is 1.